The van der Waals surface area contributed by atoms with Crippen molar-refractivity contribution in [1.82, 2.24) is 15.2 Å². The summed E-state index contributed by atoms with van der Waals surface area (Å²) in [6.07, 6.45) is 4.71. The molecule has 10 heteroatoms. The van der Waals surface area contributed by atoms with Gasteiger partial charge in [0, 0.05) is 44.2 Å². The van der Waals surface area contributed by atoms with Gasteiger partial charge in [0.05, 0.1) is 17.1 Å². The lowest BCUT2D eigenvalue weighted by molar-refractivity contribution is -0.135. The van der Waals surface area contributed by atoms with Crippen LogP contribution in [0.2, 0.25) is 5.02 Å². The number of piperidine rings is 1. The Kier molecular flexibility index (Phi) is 7.29. The molecule has 0 spiro atoms. The van der Waals surface area contributed by atoms with Crippen LogP contribution in [0.1, 0.15) is 36.0 Å². The highest BCUT2D eigenvalue weighted by Crippen LogP contribution is 2.37. The molecule has 2 saturated heterocycles. The molecule has 0 saturated carbocycles. The Morgan fingerprint density at radius 2 is 1.91 bits per heavy atom. The van der Waals surface area contributed by atoms with E-state index < -0.39 is 0 Å². The Bertz CT molecular complexity index is 992. The molecule has 2 atom stereocenters. The van der Waals surface area contributed by atoms with Crippen LogP contribution in [0.5, 0.6) is 5.75 Å². The molecule has 0 aliphatic carbocycles. The van der Waals surface area contributed by atoms with Gasteiger partial charge in [-0.15, -0.1) is 0 Å². The molecule has 2 aliphatic rings. The zero-order valence-electron chi connectivity index (χ0n) is 18.1. The number of anilines is 1. The first-order chi connectivity index (χ1) is 15.9. The summed E-state index contributed by atoms with van der Waals surface area (Å²) in [6, 6.07) is 7.70. The number of nitrogens with one attached hydrogen (secondary N) is 2. The predicted molar refractivity (Wildman–Crippen MR) is 123 cm³/mol. The van der Waals surface area contributed by atoms with Gasteiger partial charge in [0.2, 0.25) is 5.91 Å². The van der Waals surface area contributed by atoms with Gasteiger partial charge in [-0.1, -0.05) is 11.6 Å². The number of amides is 2. The summed E-state index contributed by atoms with van der Waals surface area (Å²) in [5.41, 5.74) is 5.71. The molecule has 33 heavy (non-hydrogen) atoms. The second-order valence-electron chi connectivity index (χ2n) is 8.30. The van der Waals surface area contributed by atoms with Crippen LogP contribution in [0.25, 0.3) is 0 Å². The SMILES string of the molecule is NCCNC(=O)c1cc(Cl)cnc1NCC(=O)N1C2CCC1CC(Oc1ccc(F)cc1)C2. The molecular weight excluding hydrogens is 449 g/mol. The standard InChI is InChI=1S/C23H27ClFN5O3/c24-14-9-20(23(32)27-8-7-26)22(28-12-14)29-13-21(31)30-16-3-4-17(30)11-19(10-16)33-18-5-1-15(25)2-6-18/h1-2,5-6,9,12,16-17,19H,3-4,7-8,10-11,13,26H2,(H,27,32)(H,28,29). The summed E-state index contributed by atoms with van der Waals surface area (Å²) in [4.78, 5) is 31.6. The van der Waals surface area contributed by atoms with E-state index in [-0.39, 0.29) is 47.9 Å². The van der Waals surface area contributed by atoms with E-state index in [1.54, 1.807) is 12.1 Å². The number of carbonyl (C=O) groups is 2. The van der Waals surface area contributed by atoms with Gasteiger partial charge in [-0.05, 0) is 43.2 Å². The number of halogens is 2. The first-order valence-electron chi connectivity index (χ1n) is 11.1. The molecule has 2 aromatic rings. The normalized spacial score (nSPS) is 21.5. The zero-order valence-corrected chi connectivity index (χ0v) is 18.9. The molecule has 2 aliphatic heterocycles. The van der Waals surface area contributed by atoms with Crippen LogP contribution < -0.4 is 21.1 Å². The number of nitrogens with zero attached hydrogens (tertiary/aromatic N) is 2. The zero-order chi connectivity index (χ0) is 23.4. The predicted octanol–water partition coefficient (Wildman–Crippen LogP) is 2.58. The van der Waals surface area contributed by atoms with E-state index in [0.717, 1.165) is 25.7 Å². The van der Waals surface area contributed by atoms with Crippen LogP contribution in [-0.4, -0.2) is 59.5 Å². The summed E-state index contributed by atoms with van der Waals surface area (Å²) in [6.45, 7) is 0.648. The second kappa shape index (κ2) is 10.4. The lowest BCUT2D eigenvalue weighted by atomic mass is 9.99. The maximum absolute atomic E-state index is 13.1. The highest BCUT2D eigenvalue weighted by atomic mass is 35.5. The average molecular weight is 476 g/mol. The Balaban J connectivity index is 1.36. The molecule has 3 heterocycles. The van der Waals surface area contributed by atoms with Gasteiger partial charge in [0.25, 0.3) is 5.91 Å². The molecule has 4 rings (SSSR count). The van der Waals surface area contributed by atoms with Crippen LogP contribution in [0.15, 0.2) is 36.5 Å². The number of carbonyl (C=O) groups excluding carboxylic acids is 2. The summed E-state index contributed by atoms with van der Waals surface area (Å²) >= 11 is 6.00. The van der Waals surface area contributed by atoms with Gasteiger partial charge >= 0.3 is 0 Å². The first kappa shape index (κ1) is 23.3. The molecular formula is C23H27ClFN5O3. The van der Waals surface area contributed by atoms with E-state index in [1.807, 2.05) is 4.90 Å². The summed E-state index contributed by atoms with van der Waals surface area (Å²) in [5.74, 6) is 0.225. The smallest absolute Gasteiger partial charge is 0.255 e. The van der Waals surface area contributed by atoms with Crippen molar-refractivity contribution in [2.24, 2.45) is 5.73 Å². The minimum Gasteiger partial charge on any atom is -0.490 e. The molecule has 2 fully saturated rings. The van der Waals surface area contributed by atoms with Gasteiger partial charge < -0.3 is 26.0 Å². The summed E-state index contributed by atoms with van der Waals surface area (Å²) < 4.78 is 19.2. The van der Waals surface area contributed by atoms with E-state index in [0.29, 0.717) is 29.7 Å². The van der Waals surface area contributed by atoms with Crippen LogP contribution >= 0.6 is 11.6 Å². The number of ether oxygens (including phenoxy) is 1. The number of fused-ring (bicyclic) bond motifs is 2. The molecule has 0 radical (unpaired) electrons. The summed E-state index contributed by atoms with van der Waals surface area (Å²) in [7, 11) is 0. The number of benzene rings is 1. The number of hydrogen-bond donors (Lipinski definition) is 3. The van der Waals surface area contributed by atoms with E-state index in [1.165, 1.54) is 24.4 Å². The first-order valence-corrected chi connectivity index (χ1v) is 11.4. The van der Waals surface area contributed by atoms with Crippen molar-refractivity contribution in [3.8, 4) is 5.75 Å². The quantitative estimate of drug-likeness (QED) is 0.541. The van der Waals surface area contributed by atoms with Gasteiger partial charge in [-0.2, -0.15) is 0 Å². The molecule has 1 aromatic heterocycles. The van der Waals surface area contributed by atoms with Gasteiger partial charge in [0.15, 0.2) is 0 Å². The maximum atomic E-state index is 13.1. The van der Waals surface area contributed by atoms with Crippen LogP contribution in [0.3, 0.4) is 0 Å². The molecule has 8 nitrogen and oxygen atoms in total. The summed E-state index contributed by atoms with van der Waals surface area (Å²) in [5, 5.41) is 6.01. The minimum atomic E-state index is -0.357. The van der Waals surface area contributed by atoms with Crippen molar-refractivity contribution in [1.29, 1.82) is 0 Å². The van der Waals surface area contributed by atoms with Crippen LogP contribution in [0.4, 0.5) is 10.2 Å². The third-order valence-electron chi connectivity index (χ3n) is 6.03. The topological polar surface area (TPSA) is 110 Å². The van der Waals surface area contributed by atoms with Crippen molar-refractivity contribution >= 4 is 29.2 Å². The van der Waals surface area contributed by atoms with Gasteiger partial charge in [0.1, 0.15) is 23.5 Å². The average Bonchev–Trinajstić information content (AvgIpc) is 3.08. The third kappa shape index (κ3) is 5.54. The Morgan fingerprint density at radius 1 is 1.21 bits per heavy atom. The van der Waals surface area contributed by atoms with E-state index in [9.17, 15) is 14.0 Å². The van der Waals surface area contributed by atoms with Crippen molar-refractivity contribution in [2.45, 2.75) is 43.9 Å². The fourth-order valence-electron chi connectivity index (χ4n) is 4.62. The number of nitrogens with two attached hydrogens (primary N) is 1. The highest BCUT2D eigenvalue weighted by molar-refractivity contribution is 6.31. The fourth-order valence-corrected chi connectivity index (χ4v) is 4.78. The minimum absolute atomic E-state index is 0.0132. The fraction of sp³-hybridized carbons (Fsp3) is 0.435. The number of rotatable bonds is 8. The highest BCUT2D eigenvalue weighted by Gasteiger charge is 2.43. The largest absolute Gasteiger partial charge is 0.490 e. The second-order valence-corrected chi connectivity index (χ2v) is 8.74. The molecule has 2 unspecified atom stereocenters. The monoisotopic (exact) mass is 475 g/mol. The number of aromatic nitrogens is 1. The van der Waals surface area contributed by atoms with Crippen LogP contribution in [-0.2, 0) is 4.79 Å². The Hall–Kier alpha value is -2.91. The molecule has 4 N–H and O–H groups in total. The molecule has 2 amide bonds. The lowest BCUT2D eigenvalue weighted by Gasteiger charge is -2.39. The van der Waals surface area contributed by atoms with E-state index >= 15 is 0 Å². The van der Waals surface area contributed by atoms with Crippen molar-refractivity contribution < 1.29 is 18.7 Å². The lowest BCUT2D eigenvalue weighted by Crippen LogP contribution is -2.51. The Labute approximate surface area is 196 Å². The Morgan fingerprint density at radius 3 is 2.58 bits per heavy atom. The van der Waals surface area contributed by atoms with Crippen molar-refractivity contribution in [2.75, 3.05) is 25.0 Å². The number of pyridine rings is 1. The van der Waals surface area contributed by atoms with Crippen molar-refractivity contribution in [3.63, 3.8) is 0 Å². The van der Waals surface area contributed by atoms with Gasteiger partial charge in [-0.25, -0.2) is 9.37 Å². The molecule has 1 aromatic carbocycles. The van der Waals surface area contributed by atoms with Crippen molar-refractivity contribution in [3.05, 3.63) is 52.9 Å². The molecule has 2 bridgehead atoms. The van der Waals surface area contributed by atoms with E-state index in [4.69, 9.17) is 22.1 Å². The third-order valence-corrected chi connectivity index (χ3v) is 6.24. The number of hydrogen-bond acceptors (Lipinski definition) is 6. The van der Waals surface area contributed by atoms with Crippen LogP contribution in [0, 0.1) is 5.82 Å². The maximum Gasteiger partial charge on any atom is 0.255 e. The van der Waals surface area contributed by atoms with Gasteiger partial charge in [-0.3, -0.25) is 9.59 Å². The molecule has 176 valence electrons. The van der Waals surface area contributed by atoms with E-state index in [2.05, 4.69) is 15.6 Å².